The fraction of sp³-hybridized carbons (Fsp3) is 0. The van der Waals surface area contributed by atoms with E-state index in [1.165, 1.54) is 0 Å². The Balaban J connectivity index is 2.42. The topological polar surface area (TPSA) is 162 Å². The van der Waals surface area contributed by atoms with Crippen molar-refractivity contribution >= 4 is 50.6 Å². The maximum atomic E-state index is 9.30. The largest absolute Gasteiger partial charge is 0.370 e. The van der Waals surface area contributed by atoms with Crippen molar-refractivity contribution in [2.75, 3.05) is 0 Å². The molecule has 0 bridgehead atoms. The fourth-order valence-corrected chi connectivity index (χ4v) is 2.73. The molecule has 3 heterocycles. The van der Waals surface area contributed by atoms with E-state index in [0.717, 1.165) is 0 Å². The molecule has 0 N–H and O–H groups in total. The maximum Gasteiger partial charge on any atom is 0.307 e. The van der Waals surface area contributed by atoms with Crippen LogP contribution in [0.3, 0.4) is 0 Å². The lowest BCUT2D eigenvalue weighted by molar-refractivity contribution is 1.19. The van der Waals surface area contributed by atoms with Crippen LogP contribution >= 0.6 is 0 Å². The first-order valence-corrected chi connectivity index (χ1v) is 7.70. The Hall–Kier alpha value is -5.82. The lowest BCUT2D eigenvalue weighted by Gasteiger charge is -2.04. The van der Waals surface area contributed by atoms with E-state index in [9.17, 15) is 15.8 Å². The number of hydrogen-bond donors (Lipinski definition) is 0. The summed E-state index contributed by atoms with van der Waals surface area (Å²) in [7, 11) is 0. The van der Waals surface area contributed by atoms with Crippen molar-refractivity contribution in [3.05, 3.63) is 51.3 Å². The summed E-state index contributed by atoms with van der Waals surface area (Å²) in [5, 5.41) is 27.9. The maximum absolute atomic E-state index is 9.30. The summed E-state index contributed by atoms with van der Waals surface area (Å²) in [6.07, 6.45) is 0. The van der Waals surface area contributed by atoms with Crippen molar-refractivity contribution in [3.63, 3.8) is 0 Å². The Morgan fingerprint density at radius 3 is 1.10 bits per heavy atom. The Bertz CT molecular complexity index is 1350. The summed E-state index contributed by atoms with van der Waals surface area (Å²) in [5.74, 6) is -0.890. The van der Waals surface area contributed by atoms with Crippen LogP contribution in [0.2, 0.25) is 0 Å². The number of benzene rings is 1. The molecular formula is C18N12. The zero-order chi connectivity index (χ0) is 21.4. The van der Waals surface area contributed by atoms with Gasteiger partial charge < -0.3 is 14.5 Å². The summed E-state index contributed by atoms with van der Waals surface area (Å²) in [6, 6.07) is 5.29. The van der Waals surface area contributed by atoms with Gasteiger partial charge in [-0.05, 0) is 0 Å². The average Bonchev–Trinajstić information content (AvgIpc) is 2.81. The van der Waals surface area contributed by atoms with Crippen molar-refractivity contribution in [2.24, 2.45) is 0 Å². The SMILES string of the molecule is [C-]#[N+]c1nc2c(nc1C#N)c1nc(C#N)c(C#N)nc1c1nc([N+]#[C-])c([N+]#[C-])nc21. The van der Waals surface area contributed by atoms with Gasteiger partial charge in [-0.2, -0.15) is 15.8 Å². The Labute approximate surface area is 166 Å². The van der Waals surface area contributed by atoms with Crippen LogP contribution in [-0.4, -0.2) is 29.9 Å². The van der Waals surface area contributed by atoms with E-state index in [2.05, 4.69) is 44.4 Å². The molecule has 0 fully saturated rings. The van der Waals surface area contributed by atoms with E-state index in [0.29, 0.717) is 0 Å². The summed E-state index contributed by atoms with van der Waals surface area (Å²) in [6.45, 7) is 21.7. The summed E-state index contributed by atoms with van der Waals surface area (Å²) >= 11 is 0. The molecule has 0 aliphatic carbocycles. The molecule has 1 aromatic carbocycles. The normalized spacial score (nSPS) is 9.80. The quantitative estimate of drug-likeness (QED) is 0.327. The van der Waals surface area contributed by atoms with Gasteiger partial charge in [0.15, 0.2) is 17.1 Å². The molecule has 132 valence electrons. The molecule has 0 spiro atoms. The minimum absolute atomic E-state index is 0.000622. The fourth-order valence-electron chi connectivity index (χ4n) is 2.73. The van der Waals surface area contributed by atoms with Crippen LogP contribution in [0, 0.1) is 53.7 Å². The van der Waals surface area contributed by atoms with E-state index < -0.39 is 0 Å². The first kappa shape index (κ1) is 17.6. The molecule has 0 atom stereocenters. The van der Waals surface area contributed by atoms with Gasteiger partial charge in [0.25, 0.3) is 17.2 Å². The number of nitriles is 3. The lowest BCUT2D eigenvalue weighted by Crippen LogP contribution is -2.02. The molecule has 4 aromatic rings. The van der Waals surface area contributed by atoms with Gasteiger partial charge >= 0.3 is 5.82 Å². The van der Waals surface area contributed by atoms with Crippen LogP contribution in [0.4, 0.5) is 17.5 Å². The van der Waals surface area contributed by atoms with Crippen molar-refractivity contribution in [2.45, 2.75) is 0 Å². The second-order valence-corrected chi connectivity index (χ2v) is 5.45. The van der Waals surface area contributed by atoms with Crippen molar-refractivity contribution < 1.29 is 0 Å². The Morgan fingerprint density at radius 1 is 0.467 bits per heavy atom. The molecule has 0 aliphatic heterocycles. The van der Waals surface area contributed by atoms with Crippen LogP contribution in [0.15, 0.2) is 0 Å². The first-order valence-electron chi connectivity index (χ1n) is 7.70. The van der Waals surface area contributed by atoms with E-state index in [1.54, 1.807) is 18.2 Å². The summed E-state index contributed by atoms with van der Waals surface area (Å²) in [4.78, 5) is 34.4. The molecular weight excluding hydrogens is 384 g/mol. The van der Waals surface area contributed by atoms with Crippen LogP contribution in [-0.2, 0) is 0 Å². The lowest BCUT2D eigenvalue weighted by atomic mass is 10.1. The standard InChI is InChI=1S/C18N12/c1-22-16-9(6-21)27-12-10-11(26-8(5-20)7(4-19)25-10)14-15(13(12)28-16)30-18(24-3)17(23-2)29-14. The molecule has 0 radical (unpaired) electrons. The molecule has 0 saturated carbocycles. The van der Waals surface area contributed by atoms with E-state index >= 15 is 0 Å². The van der Waals surface area contributed by atoms with E-state index in [1.807, 2.05) is 0 Å². The molecule has 12 nitrogen and oxygen atoms in total. The van der Waals surface area contributed by atoms with Crippen LogP contribution in [0.1, 0.15) is 17.1 Å². The second-order valence-electron chi connectivity index (χ2n) is 5.45. The van der Waals surface area contributed by atoms with Crippen LogP contribution < -0.4 is 0 Å². The number of nitrogens with zero attached hydrogens (tertiary/aromatic N) is 12. The van der Waals surface area contributed by atoms with Gasteiger partial charge in [-0.1, -0.05) is 19.7 Å². The molecule has 0 unspecified atom stereocenters. The summed E-state index contributed by atoms with van der Waals surface area (Å²) in [5.41, 5.74) is -0.854. The smallest absolute Gasteiger partial charge is 0.307 e. The van der Waals surface area contributed by atoms with E-state index in [4.69, 9.17) is 19.7 Å². The number of rotatable bonds is 0. The van der Waals surface area contributed by atoms with Gasteiger partial charge in [-0.25, -0.2) is 15.0 Å². The zero-order valence-electron chi connectivity index (χ0n) is 14.4. The molecule has 0 aliphatic rings. The third kappa shape index (κ3) is 2.27. The molecule has 4 rings (SSSR count). The van der Waals surface area contributed by atoms with Gasteiger partial charge in [-0.15, -0.1) is 15.0 Å². The van der Waals surface area contributed by atoms with Gasteiger partial charge in [0.2, 0.25) is 11.0 Å². The van der Waals surface area contributed by atoms with Gasteiger partial charge in [0.1, 0.15) is 34.8 Å². The molecule has 0 amide bonds. The predicted octanol–water partition coefficient (Wildman–Crippen LogP) is 2.78. The zero-order valence-corrected chi connectivity index (χ0v) is 14.4. The van der Waals surface area contributed by atoms with Gasteiger partial charge in [0, 0.05) is 0 Å². The predicted molar refractivity (Wildman–Crippen MR) is 98.7 cm³/mol. The highest BCUT2D eigenvalue weighted by atomic mass is 15.0. The van der Waals surface area contributed by atoms with Crippen molar-refractivity contribution in [1.82, 2.24) is 29.9 Å². The summed E-state index contributed by atoms with van der Waals surface area (Å²) < 4.78 is 0. The minimum atomic E-state index is -0.298. The molecule has 30 heavy (non-hydrogen) atoms. The number of aromatic nitrogens is 6. The highest BCUT2D eigenvalue weighted by Crippen LogP contribution is 2.35. The van der Waals surface area contributed by atoms with Gasteiger partial charge in [0.05, 0.1) is 0 Å². The monoisotopic (exact) mass is 384 g/mol. The van der Waals surface area contributed by atoms with E-state index in [-0.39, 0.29) is 67.6 Å². The Morgan fingerprint density at radius 2 is 0.767 bits per heavy atom. The number of fused-ring (bicyclic) bond motifs is 6. The number of hydrogen-bond acceptors (Lipinski definition) is 9. The first-order chi connectivity index (χ1) is 14.6. The molecule has 12 heteroatoms. The van der Waals surface area contributed by atoms with Crippen LogP contribution in [0.5, 0.6) is 0 Å². The highest BCUT2D eigenvalue weighted by Gasteiger charge is 2.28. The molecule has 3 aromatic heterocycles. The Kier molecular flexibility index (Phi) is 3.76. The average molecular weight is 384 g/mol. The van der Waals surface area contributed by atoms with Crippen LogP contribution in [0.25, 0.3) is 47.6 Å². The second kappa shape index (κ2) is 6.41. The third-order valence-corrected chi connectivity index (χ3v) is 3.94. The highest BCUT2D eigenvalue weighted by molar-refractivity contribution is 6.19. The minimum Gasteiger partial charge on any atom is -0.370 e. The third-order valence-electron chi connectivity index (χ3n) is 3.94. The van der Waals surface area contributed by atoms with Crippen molar-refractivity contribution in [3.8, 4) is 18.2 Å². The van der Waals surface area contributed by atoms with Gasteiger partial charge in [-0.3, -0.25) is 0 Å². The molecule has 0 saturated heterocycles. The van der Waals surface area contributed by atoms with Crippen molar-refractivity contribution in [1.29, 1.82) is 15.8 Å².